The summed E-state index contributed by atoms with van der Waals surface area (Å²) in [6.07, 6.45) is 7.56. The molecule has 3 heteroatoms. The third kappa shape index (κ3) is 1.26. The van der Waals surface area contributed by atoms with Gasteiger partial charge in [-0.1, -0.05) is 0 Å². The molecule has 3 aliphatic rings. The van der Waals surface area contributed by atoms with Crippen molar-refractivity contribution in [1.29, 1.82) is 0 Å². The smallest absolute Gasteiger partial charge is 0.166 e. The SMILES string of the molecule is O=C1CCC[C@]2(CCCS2)[C@]12CCCO2. The van der Waals surface area contributed by atoms with Gasteiger partial charge in [-0.25, -0.2) is 0 Å². The molecule has 1 aliphatic carbocycles. The van der Waals surface area contributed by atoms with Crippen molar-refractivity contribution in [2.75, 3.05) is 12.4 Å². The van der Waals surface area contributed by atoms with Crippen molar-refractivity contribution in [1.82, 2.24) is 0 Å². The first-order valence-corrected chi connectivity index (χ1v) is 7.09. The zero-order chi connectivity index (χ0) is 10.4. The summed E-state index contributed by atoms with van der Waals surface area (Å²) >= 11 is 2.02. The Kier molecular flexibility index (Phi) is 2.36. The Morgan fingerprint density at radius 2 is 2.00 bits per heavy atom. The normalized spacial score (nSPS) is 45.7. The van der Waals surface area contributed by atoms with Crippen LogP contribution in [-0.2, 0) is 9.53 Å². The highest BCUT2D eigenvalue weighted by atomic mass is 32.2. The number of thioether (sulfide) groups is 1. The van der Waals surface area contributed by atoms with Gasteiger partial charge in [-0.3, -0.25) is 4.79 Å². The van der Waals surface area contributed by atoms with E-state index in [0.29, 0.717) is 5.78 Å². The van der Waals surface area contributed by atoms with Crippen LogP contribution in [0.15, 0.2) is 0 Å². The van der Waals surface area contributed by atoms with Gasteiger partial charge in [0, 0.05) is 13.0 Å². The Balaban J connectivity index is 2.00. The summed E-state index contributed by atoms with van der Waals surface area (Å²) in [5.41, 5.74) is -0.369. The second-order valence-corrected chi connectivity index (χ2v) is 6.48. The maximum Gasteiger partial charge on any atom is 0.166 e. The summed E-state index contributed by atoms with van der Waals surface area (Å²) in [4.78, 5) is 12.2. The van der Waals surface area contributed by atoms with E-state index in [1.807, 2.05) is 11.8 Å². The Morgan fingerprint density at radius 1 is 1.13 bits per heavy atom. The standard InChI is InChI=1S/C12H18O2S/c13-10-4-1-5-11(6-3-9-15-11)12(10)7-2-8-14-12/h1-9H2/t11-,12-/m0/s1. The fourth-order valence-electron chi connectivity index (χ4n) is 3.62. The summed E-state index contributed by atoms with van der Waals surface area (Å²) < 4.78 is 6.13. The van der Waals surface area contributed by atoms with E-state index in [9.17, 15) is 4.79 Å². The molecule has 2 atom stereocenters. The summed E-state index contributed by atoms with van der Waals surface area (Å²) in [5.74, 6) is 1.62. The van der Waals surface area contributed by atoms with Crippen LogP contribution >= 0.6 is 11.8 Å². The average molecular weight is 226 g/mol. The van der Waals surface area contributed by atoms with Crippen LogP contribution in [0.25, 0.3) is 0 Å². The Hall–Kier alpha value is -0.0200. The van der Waals surface area contributed by atoms with Crippen molar-refractivity contribution in [2.24, 2.45) is 0 Å². The number of carbonyl (C=O) groups is 1. The van der Waals surface area contributed by atoms with Gasteiger partial charge in [-0.05, 0) is 44.3 Å². The van der Waals surface area contributed by atoms with Crippen molar-refractivity contribution >= 4 is 17.5 Å². The van der Waals surface area contributed by atoms with Crippen LogP contribution in [0.1, 0.15) is 44.9 Å². The molecule has 84 valence electrons. The fraction of sp³-hybridized carbons (Fsp3) is 0.917. The van der Waals surface area contributed by atoms with Crippen molar-refractivity contribution in [2.45, 2.75) is 55.3 Å². The van der Waals surface area contributed by atoms with Crippen LogP contribution in [0.4, 0.5) is 0 Å². The summed E-state index contributed by atoms with van der Waals surface area (Å²) in [7, 11) is 0. The van der Waals surface area contributed by atoms with E-state index in [0.717, 1.165) is 32.3 Å². The molecule has 0 radical (unpaired) electrons. The molecule has 2 saturated heterocycles. The minimum absolute atomic E-state index is 0.166. The third-order valence-electron chi connectivity index (χ3n) is 4.30. The van der Waals surface area contributed by atoms with Crippen molar-refractivity contribution in [3.8, 4) is 0 Å². The molecule has 0 aromatic rings. The van der Waals surface area contributed by atoms with Gasteiger partial charge in [-0.2, -0.15) is 11.8 Å². The second kappa shape index (κ2) is 3.49. The number of carbonyl (C=O) groups excluding carboxylic acids is 1. The predicted octanol–water partition coefficient (Wildman–Crippen LogP) is 2.55. The number of rotatable bonds is 0. The number of Topliss-reactive ketones (excluding diaryl/α,β-unsaturated/α-hetero) is 1. The molecular weight excluding hydrogens is 208 g/mol. The van der Waals surface area contributed by atoms with Crippen molar-refractivity contribution < 1.29 is 9.53 Å². The van der Waals surface area contributed by atoms with E-state index in [-0.39, 0.29) is 10.3 Å². The van der Waals surface area contributed by atoms with Crippen molar-refractivity contribution in [3.05, 3.63) is 0 Å². The molecular formula is C12H18O2S. The van der Waals surface area contributed by atoms with Gasteiger partial charge in [-0.15, -0.1) is 0 Å². The lowest BCUT2D eigenvalue weighted by Gasteiger charge is -2.47. The zero-order valence-electron chi connectivity index (χ0n) is 9.09. The van der Waals surface area contributed by atoms with Crippen LogP contribution in [0.5, 0.6) is 0 Å². The lowest BCUT2D eigenvalue weighted by atomic mass is 9.70. The highest BCUT2D eigenvalue weighted by Gasteiger charge is 2.61. The van der Waals surface area contributed by atoms with Crippen LogP contribution in [0, 0.1) is 0 Å². The van der Waals surface area contributed by atoms with Gasteiger partial charge in [0.05, 0.1) is 4.75 Å². The molecule has 3 fully saturated rings. The first-order chi connectivity index (χ1) is 7.29. The second-order valence-electron chi connectivity index (χ2n) is 5.00. The molecule has 2 aliphatic heterocycles. The molecule has 2 spiro atoms. The fourth-order valence-corrected chi connectivity index (χ4v) is 5.39. The lowest BCUT2D eigenvalue weighted by molar-refractivity contribution is -0.147. The van der Waals surface area contributed by atoms with E-state index in [1.54, 1.807) is 0 Å². The average Bonchev–Trinajstić information content (AvgIpc) is 2.84. The number of fused-ring (bicyclic) bond motifs is 1. The van der Waals surface area contributed by atoms with Gasteiger partial charge in [0.2, 0.25) is 0 Å². The zero-order valence-corrected chi connectivity index (χ0v) is 9.91. The van der Waals surface area contributed by atoms with E-state index in [2.05, 4.69) is 0 Å². The Morgan fingerprint density at radius 3 is 2.67 bits per heavy atom. The molecule has 2 nitrogen and oxygen atoms in total. The van der Waals surface area contributed by atoms with E-state index in [4.69, 9.17) is 4.74 Å². The van der Waals surface area contributed by atoms with Gasteiger partial charge < -0.3 is 4.74 Å². The van der Waals surface area contributed by atoms with Gasteiger partial charge >= 0.3 is 0 Å². The minimum Gasteiger partial charge on any atom is -0.366 e. The predicted molar refractivity (Wildman–Crippen MR) is 61.2 cm³/mol. The minimum atomic E-state index is -0.369. The van der Waals surface area contributed by atoms with Crippen LogP contribution in [0.3, 0.4) is 0 Å². The molecule has 0 N–H and O–H groups in total. The maximum atomic E-state index is 12.2. The van der Waals surface area contributed by atoms with E-state index < -0.39 is 0 Å². The highest BCUT2D eigenvalue weighted by Crippen LogP contribution is 2.57. The van der Waals surface area contributed by atoms with E-state index >= 15 is 0 Å². The molecule has 0 aromatic carbocycles. The summed E-state index contributed by atoms with van der Waals surface area (Å²) in [6, 6.07) is 0. The largest absolute Gasteiger partial charge is 0.366 e. The number of hydrogen-bond donors (Lipinski definition) is 0. The van der Waals surface area contributed by atoms with Crippen molar-refractivity contribution in [3.63, 3.8) is 0 Å². The van der Waals surface area contributed by atoms with Gasteiger partial charge in [0.25, 0.3) is 0 Å². The quantitative estimate of drug-likeness (QED) is 0.635. The van der Waals surface area contributed by atoms with Gasteiger partial charge in [0.1, 0.15) is 5.60 Å². The molecule has 1 saturated carbocycles. The van der Waals surface area contributed by atoms with Gasteiger partial charge in [0.15, 0.2) is 5.78 Å². The number of ether oxygens (including phenoxy) is 1. The Labute approximate surface area is 95.1 Å². The summed E-state index contributed by atoms with van der Waals surface area (Å²) in [5, 5.41) is 0. The third-order valence-corrected chi connectivity index (χ3v) is 6.08. The van der Waals surface area contributed by atoms with Crippen LogP contribution < -0.4 is 0 Å². The van der Waals surface area contributed by atoms with Crippen LogP contribution in [0.2, 0.25) is 0 Å². The molecule has 0 unspecified atom stereocenters. The molecule has 3 rings (SSSR count). The number of hydrogen-bond acceptors (Lipinski definition) is 3. The van der Waals surface area contributed by atoms with E-state index in [1.165, 1.54) is 25.0 Å². The monoisotopic (exact) mass is 226 g/mol. The molecule has 0 amide bonds. The Bertz CT molecular complexity index is 275. The van der Waals surface area contributed by atoms with Crippen LogP contribution in [-0.4, -0.2) is 28.5 Å². The summed E-state index contributed by atoms with van der Waals surface area (Å²) in [6.45, 7) is 0.800. The number of ketones is 1. The maximum absolute atomic E-state index is 12.2. The first-order valence-electron chi connectivity index (χ1n) is 6.10. The highest BCUT2D eigenvalue weighted by molar-refractivity contribution is 8.01. The molecule has 0 aromatic heterocycles. The lowest BCUT2D eigenvalue weighted by Crippen LogP contribution is -2.58. The molecule has 2 heterocycles. The first kappa shape index (κ1) is 10.2. The molecule has 0 bridgehead atoms. The topological polar surface area (TPSA) is 26.3 Å². The molecule has 15 heavy (non-hydrogen) atoms.